The van der Waals surface area contributed by atoms with Gasteiger partial charge in [-0.3, -0.25) is 4.79 Å². The van der Waals surface area contributed by atoms with Crippen LogP contribution in [0, 0.1) is 0 Å². The lowest BCUT2D eigenvalue weighted by atomic mass is 9.98. The highest BCUT2D eigenvalue weighted by Crippen LogP contribution is 2.34. The van der Waals surface area contributed by atoms with Gasteiger partial charge in [0.1, 0.15) is 5.54 Å². The van der Waals surface area contributed by atoms with Crippen LogP contribution in [0.2, 0.25) is 0 Å². The summed E-state index contributed by atoms with van der Waals surface area (Å²) in [5.74, 6) is -1.19. The molecule has 14 heavy (non-hydrogen) atoms. The van der Waals surface area contributed by atoms with Crippen LogP contribution >= 0.6 is 0 Å². The lowest BCUT2D eigenvalue weighted by Crippen LogP contribution is -2.56. The van der Waals surface area contributed by atoms with Gasteiger partial charge in [0.15, 0.2) is 5.76 Å². The van der Waals surface area contributed by atoms with Crippen LogP contribution in [0.15, 0.2) is 12.3 Å². The first-order valence-corrected chi connectivity index (χ1v) is 3.97. The largest absolute Gasteiger partial charge is 0.488 e. The summed E-state index contributed by atoms with van der Waals surface area (Å²) in [4.78, 5) is 11.0. The summed E-state index contributed by atoms with van der Waals surface area (Å²) in [6.45, 7) is 3.95. The molecule has 6 heteroatoms. The van der Waals surface area contributed by atoms with Crippen molar-refractivity contribution in [2.75, 3.05) is 6.61 Å². The summed E-state index contributed by atoms with van der Waals surface area (Å²) in [7, 11) is 0. The maximum Gasteiger partial charge on any atom is 0.411 e. The first-order chi connectivity index (χ1) is 6.26. The molecule has 1 fully saturated rings. The number of carbonyl (C=O) groups excluding carboxylic acids is 1. The molecule has 0 aromatic rings. The minimum atomic E-state index is -4.49. The van der Waals surface area contributed by atoms with Crippen LogP contribution in [-0.2, 0) is 9.53 Å². The molecular formula is C8H10F3NO2. The molecular weight excluding hydrogens is 199 g/mol. The average molecular weight is 209 g/mol. The Kier molecular flexibility index (Phi) is 2.47. The summed E-state index contributed by atoms with van der Waals surface area (Å²) in [6.07, 6.45) is -4.81. The number of nitrogens with one attached hydrogen (secondary N) is 1. The normalized spacial score (nSPS) is 29.1. The molecule has 1 aliphatic heterocycles. The Labute approximate surface area is 78.9 Å². The first-order valence-electron chi connectivity index (χ1n) is 3.97. The topological polar surface area (TPSA) is 38.3 Å². The van der Waals surface area contributed by atoms with Gasteiger partial charge in [-0.1, -0.05) is 6.58 Å². The van der Waals surface area contributed by atoms with Crippen LogP contribution in [0.25, 0.3) is 0 Å². The fourth-order valence-electron chi connectivity index (χ4n) is 1.04. The van der Waals surface area contributed by atoms with Gasteiger partial charge in [-0.15, -0.1) is 0 Å². The second-order valence-corrected chi connectivity index (χ2v) is 3.31. The van der Waals surface area contributed by atoms with Crippen molar-refractivity contribution in [3.8, 4) is 0 Å². The number of hydrogen-bond acceptors (Lipinski definition) is 2. The molecule has 1 heterocycles. The number of amides is 1. The van der Waals surface area contributed by atoms with Crippen molar-refractivity contribution < 1.29 is 22.7 Å². The third kappa shape index (κ3) is 1.83. The van der Waals surface area contributed by atoms with E-state index in [0.717, 1.165) is 6.92 Å². The Morgan fingerprint density at radius 3 is 2.64 bits per heavy atom. The zero-order valence-electron chi connectivity index (χ0n) is 7.57. The van der Waals surface area contributed by atoms with E-state index in [1.807, 2.05) is 5.32 Å². The van der Waals surface area contributed by atoms with Gasteiger partial charge in [0.25, 0.3) is 5.91 Å². The average Bonchev–Trinajstić information content (AvgIpc) is 2.12. The van der Waals surface area contributed by atoms with Gasteiger partial charge in [0, 0.05) is 6.42 Å². The molecule has 0 aromatic heterocycles. The second-order valence-electron chi connectivity index (χ2n) is 3.31. The van der Waals surface area contributed by atoms with Crippen molar-refractivity contribution >= 4 is 5.91 Å². The molecule has 3 nitrogen and oxygen atoms in total. The van der Waals surface area contributed by atoms with Crippen molar-refractivity contribution in [1.82, 2.24) is 5.32 Å². The van der Waals surface area contributed by atoms with Gasteiger partial charge in [0.2, 0.25) is 0 Å². The Balaban J connectivity index is 2.91. The van der Waals surface area contributed by atoms with Crippen LogP contribution in [0.3, 0.4) is 0 Å². The quantitative estimate of drug-likeness (QED) is 0.612. The van der Waals surface area contributed by atoms with Crippen molar-refractivity contribution in [2.45, 2.75) is 25.1 Å². The summed E-state index contributed by atoms with van der Waals surface area (Å²) in [5.41, 5.74) is -2.23. The second kappa shape index (κ2) is 3.18. The molecule has 1 unspecified atom stereocenters. The highest BCUT2D eigenvalue weighted by Gasteiger charge is 2.53. The molecule has 0 bridgehead atoms. The van der Waals surface area contributed by atoms with Gasteiger partial charge in [-0.2, -0.15) is 13.2 Å². The Morgan fingerprint density at radius 1 is 1.57 bits per heavy atom. The van der Waals surface area contributed by atoms with Gasteiger partial charge in [-0.25, -0.2) is 0 Å². The van der Waals surface area contributed by atoms with Crippen LogP contribution in [0.5, 0.6) is 0 Å². The molecule has 1 atom stereocenters. The molecule has 0 aromatic carbocycles. The Morgan fingerprint density at radius 2 is 2.14 bits per heavy atom. The van der Waals surface area contributed by atoms with Gasteiger partial charge in [0.05, 0.1) is 6.61 Å². The maximum absolute atomic E-state index is 12.5. The SMILES string of the molecule is C=C1OCCC(C)(C(F)(F)F)NC1=O. The van der Waals surface area contributed by atoms with Gasteiger partial charge >= 0.3 is 6.18 Å². The lowest BCUT2D eigenvalue weighted by Gasteiger charge is -2.30. The molecule has 1 saturated heterocycles. The number of halogens is 3. The summed E-state index contributed by atoms with van der Waals surface area (Å²) in [5, 5.41) is 1.86. The monoisotopic (exact) mass is 209 g/mol. The highest BCUT2D eigenvalue weighted by atomic mass is 19.4. The van der Waals surface area contributed by atoms with Crippen molar-refractivity contribution in [3.05, 3.63) is 12.3 Å². The number of hydrogen-bond donors (Lipinski definition) is 1. The summed E-state index contributed by atoms with van der Waals surface area (Å²) < 4.78 is 42.2. The van der Waals surface area contributed by atoms with Crippen LogP contribution in [0.4, 0.5) is 13.2 Å². The number of rotatable bonds is 0. The summed E-state index contributed by atoms with van der Waals surface area (Å²) in [6, 6.07) is 0. The third-order valence-electron chi connectivity index (χ3n) is 2.15. The van der Waals surface area contributed by atoms with E-state index in [1.165, 1.54) is 0 Å². The van der Waals surface area contributed by atoms with Gasteiger partial charge < -0.3 is 10.1 Å². The molecule has 80 valence electrons. The minimum Gasteiger partial charge on any atom is -0.488 e. The summed E-state index contributed by atoms with van der Waals surface area (Å²) >= 11 is 0. The molecule has 0 aliphatic carbocycles. The van der Waals surface area contributed by atoms with E-state index < -0.39 is 17.6 Å². The number of ether oxygens (including phenoxy) is 1. The molecule has 1 amide bonds. The third-order valence-corrected chi connectivity index (χ3v) is 2.15. The van der Waals surface area contributed by atoms with E-state index in [0.29, 0.717) is 0 Å². The Hall–Kier alpha value is -1.20. The fourth-order valence-corrected chi connectivity index (χ4v) is 1.04. The molecule has 1 aliphatic rings. The Bertz CT molecular complexity index is 274. The van der Waals surface area contributed by atoms with Crippen molar-refractivity contribution in [3.63, 3.8) is 0 Å². The standard InChI is InChI=1S/C8H10F3NO2/c1-5-6(13)12-7(2,3-4-14-5)8(9,10)11/h1,3-4H2,2H3,(H,12,13). The van der Waals surface area contributed by atoms with E-state index in [2.05, 4.69) is 6.58 Å². The minimum absolute atomic E-state index is 0.173. The van der Waals surface area contributed by atoms with Crippen molar-refractivity contribution in [1.29, 1.82) is 0 Å². The van der Waals surface area contributed by atoms with Crippen molar-refractivity contribution in [2.24, 2.45) is 0 Å². The molecule has 0 radical (unpaired) electrons. The number of alkyl halides is 3. The fraction of sp³-hybridized carbons (Fsp3) is 0.625. The highest BCUT2D eigenvalue weighted by molar-refractivity contribution is 5.91. The zero-order valence-corrected chi connectivity index (χ0v) is 7.57. The first kappa shape index (κ1) is 10.9. The van der Waals surface area contributed by atoms with E-state index in [4.69, 9.17) is 4.74 Å². The van der Waals surface area contributed by atoms with E-state index >= 15 is 0 Å². The van der Waals surface area contributed by atoms with Gasteiger partial charge in [-0.05, 0) is 6.92 Å². The van der Waals surface area contributed by atoms with Crippen LogP contribution < -0.4 is 5.32 Å². The predicted molar refractivity (Wildman–Crippen MR) is 42.3 cm³/mol. The van der Waals surface area contributed by atoms with E-state index in [-0.39, 0.29) is 18.8 Å². The zero-order chi connectivity index (χ0) is 11.0. The van der Waals surface area contributed by atoms with E-state index in [1.54, 1.807) is 0 Å². The smallest absolute Gasteiger partial charge is 0.411 e. The number of carbonyl (C=O) groups is 1. The molecule has 1 N–H and O–H groups in total. The molecule has 0 saturated carbocycles. The molecule has 0 spiro atoms. The van der Waals surface area contributed by atoms with Crippen LogP contribution in [-0.4, -0.2) is 24.2 Å². The van der Waals surface area contributed by atoms with Crippen LogP contribution in [0.1, 0.15) is 13.3 Å². The predicted octanol–water partition coefficient (Wildman–Crippen LogP) is 1.36. The van der Waals surface area contributed by atoms with E-state index in [9.17, 15) is 18.0 Å². The lowest BCUT2D eigenvalue weighted by molar-refractivity contribution is -0.194. The maximum atomic E-state index is 12.5. The molecule has 1 rings (SSSR count).